The Balaban J connectivity index is 2.01. The molecule has 25 heavy (non-hydrogen) atoms. The molecule has 0 fully saturated rings. The molecule has 1 aromatic heterocycles. The number of nitro groups is 1. The number of benzene rings is 1. The monoisotopic (exact) mass is 347 g/mol. The van der Waals surface area contributed by atoms with Crippen molar-refractivity contribution < 1.29 is 19.5 Å². The lowest BCUT2D eigenvalue weighted by atomic mass is 9.95. The number of anilines is 2. The molecule has 0 spiro atoms. The van der Waals surface area contributed by atoms with E-state index in [0.29, 0.717) is 23.6 Å². The van der Waals surface area contributed by atoms with Gasteiger partial charge in [-0.3, -0.25) is 10.1 Å². The first kappa shape index (κ1) is 16.7. The molecule has 0 bridgehead atoms. The van der Waals surface area contributed by atoms with Gasteiger partial charge in [-0.2, -0.15) is 4.98 Å². The zero-order valence-electron chi connectivity index (χ0n) is 13.7. The Morgan fingerprint density at radius 2 is 2.04 bits per heavy atom. The number of aliphatic hydroxyl groups is 1. The average Bonchev–Trinajstić information content (AvgIpc) is 2.60. The number of ether oxygens (including phenoxy) is 2. The van der Waals surface area contributed by atoms with Gasteiger partial charge in [0.1, 0.15) is 23.8 Å². The van der Waals surface area contributed by atoms with Gasteiger partial charge in [-0.1, -0.05) is 0 Å². The van der Waals surface area contributed by atoms with E-state index in [2.05, 4.69) is 9.97 Å². The van der Waals surface area contributed by atoms with Gasteiger partial charge in [0.25, 0.3) is 0 Å². The number of nitrogens with zero attached hydrogens (tertiary/aromatic N) is 4. The highest BCUT2D eigenvalue weighted by Crippen LogP contribution is 2.40. The summed E-state index contributed by atoms with van der Waals surface area (Å²) in [6, 6.07) is 3.48. The van der Waals surface area contributed by atoms with Gasteiger partial charge in [0.05, 0.1) is 32.2 Å². The van der Waals surface area contributed by atoms with Crippen molar-refractivity contribution in [2.75, 3.05) is 31.4 Å². The third-order valence-corrected chi connectivity index (χ3v) is 4.05. The normalized spacial score (nSPS) is 16.3. The number of nitrogens with two attached hydrogens (primary N) is 1. The molecule has 2 heterocycles. The van der Waals surface area contributed by atoms with E-state index in [0.717, 1.165) is 11.8 Å². The molecule has 10 heteroatoms. The molecular weight excluding hydrogens is 330 g/mol. The summed E-state index contributed by atoms with van der Waals surface area (Å²) in [5.74, 6) is 1.12. The third-order valence-electron chi connectivity index (χ3n) is 4.05. The van der Waals surface area contributed by atoms with Gasteiger partial charge < -0.3 is 25.2 Å². The SMILES string of the molecule is COc1ccc(OC)c2c1CN(c1ncc([N+](=O)[O-])c(N)n1)C[C@H]2O. The van der Waals surface area contributed by atoms with Crippen LogP contribution in [0.1, 0.15) is 17.2 Å². The van der Waals surface area contributed by atoms with Gasteiger partial charge in [0.15, 0.2) is 0 Å². The first-order chi connectivity index (χ1) is 12.0. The number of β-amino-alcohol motifs (C(OH)–C–C–N with tert-alkyl or cyclic N) is 1. The van der Waals surface area contributed by atoms with Crippen LogP contribution in [0, 0.1) is 10.1 Å². The fourth-order valence-corrected chi connectivity index (χ4v) is 2.90. The van der Waals surface area contributed by atoms with E-state index in [1.54, 1.807) is 17.0 Å². The predicted molar refractivity (Wildman–Crippen MR) is 88.7 cm³/mol. The lowest BCUT2D eigenvalue weighted by Gasteiger charge is -2.33. The van der Waals surface area contributed by atoms with Crippen LogP contribution in [0.15, 0.2) is 18.3 Å². The van der Waals surface area contributed by atoms with Crippen molar-refractivity contribution in [2.45, 2.75) is 12.6 Å². The first-order valence-electron chi connectivity index (χ1n) is 7.40. The summed E-state index contributed by atoms with van der Waals surface area (Å²) < 4.78 is 10.7. The van der Waals surface area contributed by atoms with Gasteiger partial charge in [-0.25, -0.2) is 4.98 Å². The minimum absolute atomic E-state index is 0.188. The van der Waals surface area contributed by atoms with E-state index in [-0.39, 0.29) is 24.0 Å². The zero-order chi connectivity index (χ0) is 18.1. The number of aromatic nitrogens is 2. The van der Waals surface area contributed by atoms with E-state index >= 15 is 0 Å². The van der Waals surface area contributed by atoms with Gasteiger partial charge in [0.2, 0.25) is 11.8 Å². The maximum absolute atomic E-state index is 10.8. The highest BCUT2D eigenvalue weighted by atomic mass is 16.6. The highest BCUT2D eigenvalue weighted by Gasteiger charge is 2.31. The van der Waals surface area contributed by atoms with Crippen LogP contribution in [-0.4, -0.2) is 40.8 Å². The van der Waals surface area contributed by atoms with E-state index in [9.17, 15) is 15.2 Å². The van der Waals surface area contributed by atoms with Crippen LogP contribution in [0.2, 0.25) is 0 Å². The second-order valence-electron chi connectivity index (χ2n) is 5.46. The van der Waals surface area contributed by atoms with Crippen molar-refractivity contribution in [2.24, 2.45) is 0 Å². The Hall–Kier alpha value is -3.14. The molecule has 0 saturated heterocycles. The fourth-order valence-electron chi connectivity index (χ4n) is 2.90. The standard InChI is InChI=1S/C15H17N5O5/c1-24-11-3-4-12(25-2)13-8(11)6-19(7-10(13)21)15-17-5-9(20(22)23)14(16)18-15/h3-5,10,21H,6-7H2,1-2H3,(H2,16,17,18)/t10-/m1/s1. The van der Waals surface area contributed by atoms with Crippen LogP contribution in [0.5, 0.6) is 11.5 Å². The van der Waals surface area contributed by atoms with E-state index in [1.807, 2.05) is 0 Å². The molecule has 0 radical (unpaired) electrons. The van der Waals surface area contributed by atoms with E-state index < -0.39 is 11.0 Å². The number of hydrogen-bond donors (Lipinski definition) is 2. The summed E-state index contributed by atoms with van der Waals surface area (Å²) in [5.41, 5.74) is 6.66. The Morgan fingerprint density at radius 3 is 2.64 bits per heavy atom. The zero-order valence-corrected chi connectivity index (χ0v) is 13.7. The minimum Gasteiger partial charge on any atom is -0.496 e. The summed E-state index contributed by atoms with van der Waals surface area (Å²) >= 11 is 0. The quantitative estimate of drug-likeness (QED) is 0.613. The summed E-state index contributed by atoms with van der Waals surface area (Å²) in [6.07, 6.45) is 0.191. The van der Waals surface area contributed by atoms with Gasteiger partial charge in [-0.05, 0) is 12.1 Å². The topological polar surface area (TPSA) is 137 Å². The highest BCUT2D eigenvalue weighted by molar-refractivity contribution is 5.57. The molecule has 2 aromatic rings. The van der Waals surface area contributed by atoms with Gasteiger partial charge in [-0.15, -0.1) is 0 Å². The molecule has 3 rings (SSSR count). The molecule has 132 valence electrons. The largest absolute Gasteiger partial charge is 0.496 e. The molecule has 1 aliphatic heterocycles. The van der Waals surface area contributed by atoms with Gasteiger partial charge >= 0.3 is 5.69 Å². The number of hydrogen-bond acceptors (Lipinski definition) is 9. The number of fused-ring (bicyclic) bond motifs is 1. The molecule has 0 amide bonds. The summed E-state index contributed by atoms with van der Waals surface area (Å²) in [5, 5.41) is 21.4. The molecule has 10 nitrogen and oxygen atoms in total. The Morgan fingerprint density at radius 1 is 1.36 bits per heavy atom. The summed E-state index contributed by atoms with van der Waals surface area (Å²) in [6.45, 7) is 0.526. The summed E-state index contributed by atoms with van der Waals surface area (Å²) in [7, 11) is 3.06. The Labute approximate surface area is 143 Å². The molecule has 0 saturated carbocycles. The van der Waals surface area contributed by atoms with E-state index in [1.165, 1.54) is 14.2 Å². The molecule has 1 aliphatic rings. The smallest absolute Gasteiger partial charge is 0.329 e. The summed E-state index contributed by atoms with van der Waals surface area (Å²) in [4.78, 5) is 19.9. The first-order valence-corrected chi connectivity index (χ1v) is 7.40. The van der Waals surface area contributed by atoms with Crippen molar-refractivity contribution >= 4 is 17.5 Å². The number of aliphatic hydroxyl groups excluding tert-OH is 1. The van der Waals surface area contributed by atoms with Crippen molar-refractivity contribution in [1.82, 2.24) is 9.97 Å². The molecule has 0 aliphatic carbocycles. The van der Waals surface area contributed by atoms with Crippen LogP contribution >= 0.6 is 0 Å². The van der Waals surface area contributed by atoms with Crippen molar-refractivity contribution in [1.29, 1.82) is 0 Å². The average molecular weight is 347 g/mol. The number of rotatable bonds is 4. The number of nitrogen functional groups attached to an aromatic ring is 1. The van der Waals surface area contributed by atoms with Gasteiger partial charge in [0, 0.05) is 11.1 Å². The Kier molecular flexibility index (Phi) is 4.28. The minimum atomic E-state index is -0.867. The van der Waals surface area contributed by atoms with Crippen LogP contribution in [0.25, 0.3) is 0 Å². The molecule has 1 aromatic carbocycles. The fraction of sp³-hybridized carbons (Fsp3) is 0.333. The third kappa shape index (κ3) is 2.87. The lowest BCUT2D eigenvalue weighted by Crippen LogP contribution is -2.35. The lowest BCUT2D eigenvalue weighted by molar-refractivity contribution is -0.384. The molecular formula is C15H17N5O5. The molecule has 1 atom stereocenters. The maximum Gasteiger partial charge on any atom is 0.329 e. The van der Waals surface area contributed by atoms with Crippen molar-refractivity contribution in [3.63, 3.8) is 0 Å². The van der Waals surface area contributed by atoms with Crippen molar-refractivity contribution in [3.05, 3.63) is 39.6 Å². The van der Waals surface area contributed by atoms with Crippen LogP contribution < -0.4 is 20.1 Å². The van der Waals surface area contributed by atoms with Crippen LogP contribution in [0.4, 0.5) is 17.5 Å². The number of methoxy groups -OCH3 is 2. The van der Waals surface area contributed by atoms with Crippen LogP contribution in [0.3, 0.4) is 0 Å². The Bertz CT molecular complexity index is 828. The van der Waals surface area contributed by atoms with Crippen molar-refractivity contribution in [3.8, 4) is 11.5 Å². The predicted octanol–water partition coefficient (Wildman–Crippen LogP) is 1.04. The maximum atomic E-state index is 10.8. The second-order valence-corrected chi connectivity index (χ2v) is 5.46. The van der Waals surface area contributed by atoms with Crippen LogP contribution in [-0.2, 0) is 6.54 Å². The molecule has 3 N–H and O–H groups in total. The second kappa shape index (κ2) is 6.40. The van der Waals surface area contributed by atoms with E-state index in [4.69, 9.17) is 15.2 Å². The molecule has 0 unspecified atom stereocenters.